The Morgan fingerprint density at radius 2 is 2.00 bits per heavy atom. The van der Waals surface area contributed by atoms with Crippen LogP contribution in [0.4, 0.5) is 11.6 Å². The Morgan fingerprint density at radius 3 is 2.82 bits per heavy atom. The van der Waals surface area contributed by atoms with E-state index >= 15 is 0 Å². The van der Waals surface area contributed by atoms with Gasteiger partial charge in [0.05, 0.1) is 27.5 Å². The monoisotopic (exact) mass is 590 g/mol. The van der Waals surface area contributed by atoms with Crippen LogP contribution in [-0.4, -0.2) is 48.5 Å². The van der Waals surface area contributed by atoms with Gasteiger partial charge >= 0.3 is 0 Å². The molecule has 1 aromatic carbocycles. The van der Waals surface area contributed by atoms with E-state index in [-0.39, 0.29) is 17.9 Å². The lowest BCUT2D eigenvalue weighted by molar-refractivity contribution is -0.00313. The van der Waals surface area contributed by atoms with Crippen LogP contribution < -0.4 is 11.1 Å². The zero-order valence-corrected chi connectivity index (χ0v) is 23.7. The molecule has 5 atom stereocenters. The highest BCUT2D eigenvalue weighted by Crippen LogP contribution is 2.45. The molecular formula is C30H35BrN6O2. The van der Waals surface area contributed by atoms with Crippen LogP contribution in [0.1, 0.15) is 55.5 Å². The van der Waals surface area contributed by atoms with Crippen molar-refractivity contribution in [1.82, 2.24) is 19.5 Å². The zero-order chi connectivity index (χ0) is 26.8. The fourth-order valence-electron chi connectivity index (χ4n) is 7.00. The van der Waals surface area contributed by atoms with Crippen molar-refractivity contribution in [2.75, 3.05) is 17.6 Å². The van der Waals surface area contributed by atoms with Gasteiger partial charge in [0.15, 0.2) is 0 Å². The van der Waals surface area contributed by atoms with Crippen molar-refractivity contribution >= 4 is 49.5 Å². The van der Waals surface area contributed by atoms with Gasteiger partial charge in [-0.1, -0.05) is 19.1 Å². The third-order valence-corrected chi connectivity index (χ3v) is 9.88. The molecule has 0 radical (unpaired) electrons. The number of halogens is 1. The molecule has 2 fully saturated rings. The average Bonchev–Trinajstić information content (AvgIpc) is 3.43. The first-order valence-corrected chi connectivity index (χ1v) is 15.0. The van der Waals surface area contributed by atoms with Gasteiger partial charge in [-0.3, -0.25) is 0 Å². The lowest BCUT2D eigenvalue weighted by Crippen LogP contribution is -2.32. The molecule has 5 N–H and O–H groups in total. The van der Waals surface area contributed by atoms with Crippen molar-refractivity contribution < 1.29 is 10.2 Å². The third-order valence-electron chi connectivity index (χ3n) is 9.27. The van der Waals surface area contributed by atoms with Crippen molar-refractivity contribution in [1.29, 1.82) is 0 Å². The summed E-state index contributed by atoms with van der Waals surface area (Å²) in [4.78, 5) is 13.7. The van der Waals surface area contributed by atoms with Gasteiger partial charge in [0.2, 0.25) is 0 Å². The average molecular weight is 592 g/mol. The number of anilines is 2. The zero-order valence-electron chi connectivity index (χ0n) is 22.1. The highest BCUT2D eigenvalue weighted by molar-refractivity contribution is 9.10. The summed E-state index contributed by atoms with van der Waals surface area (Å²) in [5.41, 5.74) is 11.6. The summed E-state index contributed by atoms with van der Waals surface area (Å²) in [6.45, 7) is 3.15. The molecule has 9 heteroatoms. The van der Waals surface area contributed by atoms with Crippen LogP contribution in [0.2, 0.25) is 0 Å². The van der Waals surface area contributed by atoms with E-state index in [1.54, 1.807) is 0 Å². The number of aliphatic hydroxyl groups excluding tert-OH is 2. The molecule has 2 saturated carbocycles. The van der Waals surface area contributed by atoms with E-state index < -0.39 is 12.2 Å². The Morgan fingerprint density at radius 1 is 1.15 bits per heavy atom. The van der Waals surface area contributed by atoms with Gasteiger partial charge in [0.25, 0.3) is 0 Å². The number of nitrogens with two attached hydrogens (primary N) is 1. The second kappa shape index (κ2) is 9.71. The molecule has 3 heterocycles. The molecule has 4 aromatic rings. The van der Waals surface area contributed by atoms with Gasteiger partial charge in [-0.05, 0) is 102 Å². The van der Waals surface area contributed by atoms with Crippen LogP contribution in [-0.2, 0) is 19.3 Å². The predicted molar refractivity (Wildman–Crippen MR) is 157 cm³/mol. The smallest absolute Gasteiger partial charge is 0.146 e. The summed E-state index contributed by atoms with van der Waals surface area (Å²) >= 11 is 3.67. The van der Waals surface area contributed by atoms with Crippen LogP contribution in [0.5, 0.6) is 0 Å². The standard InChI is InChI=1S/C30H35BrN6O2/c1-15(9-17-7-8-18-11-21(31)29(36-22(18)10-17)33-13-16-5-6-16)20-12-24(27(39)26(20)38)37-23-4-2-3-19(23)25-28(32)34-14-35-30(25)37/h7-8,10-11,14-16,20,24,26-27,38-39H,2-6,9,12-13H2,1H3,(H,33,36)(H2,32,34,35)/t15?,20-,24-,26-,27+/m1/s1. The third kappa shape index (κ3) is 4.39. The Labute approximate surface area is 236 Å². The Bertz CT molecular complexity index is 1570. The first kappa shape index (κ1) is 25.2. The quantitative estimate of drug-likeness (QED) is 0.244. The lowest BCUT2D eigenvalue weighted by Gasteiger charge is -2.23. The largest absolute Gasteiger partial charge is 0.390 e. The summed E-state index contributed by atoms with van der Waals surface area (Å²) < 4.78 is 3.16. The first-order valence-electron chi connectivity index (χ1n) is 14.2. The van der Waals surface area contributed by atoms with Gasteiger partial charge < -0.3 is 25.8 Å². The number of pyridine rings is 1. The van der Waals surface area contributed by atoms with Gasteiger partial charge in [-0.15, -0.1) is 0 Å². The second-order valence-electron chi connectivity index (χ2n) is 11.9. The van der Waals surface area contributed by atoms with E-state index in [4.69, 9.17) is 10.7 Å². The lowest BCUT2D eigenvalue weighted by atomic mass is 9.85. The molecule has 0 spiro atoms. The molecule has 7 rings (SSSR count). The van der Waals surface area contributed by atoms with Crippen molar-refractivity contribution in [3.8, 4) is 0 Å². The minimum absolute atomic E-state index is 0.0389. The molecule has 3 aromatic heterocycles. The molecule has 3 aliphatic rings. The maximum absolute atomic E-state index is 11.3. The van der Waals surface area contributed by atoms with E-state index in [0.717, 1.165) is 70.4 Å². The molecular weight excluding hydrogens is 556 g/mol. The molecule has 0 amide bonds. The number of nitrogens with zero attached hydrogens (tertiary/aromatic N) is 4. The number of hydrogen-bond acceptors (Lipinski definition) is 7. The predicted octanol–water partition coefficient (Wildman–Crippen LogP) is 4.80. The highest BCUT2D eigenvalue weighted by atomic mass is 79.9. The van der Waals surface area contributed by atoms with Crippen molar-refractivity contribution in [3.05, 3.63) is 51.9 Å². The van der Waals surface area contributed by atoms with E-state index in [0.29, 0.717) is 12.2 Å². The van der Waals surface area contributed by atoms with Gasteiger partial charge in [0, 0.05) is 17.6 Å². The molecule has 0 saturated heterocycles. The molecule has 0 aliphatic heterocycles. The molecule has 8 nitrogen and oxygen atoms in total. The van der Waals surface area contributed by atoms with E-state index in [1.807, 2.05) is 0 Å². The van der Waals surface area contributed by atoms with Crippen molar-refractivity contribution in [2.45, 2.75) is 70.1 Å². The second-order valence-corrected chi connectivity index (χ2v) is 12.8. The maximum Gasteiger partial charge on any atom is 0.146 e. The number of rotatable bonds is 7. The summed E-state index contributed by atoms with van der Waals surface area (Å²) in [5, 5.41) is 28.1. The Balaban J connectivity index is 1.13. The van der Waals surface area contributed by atoms with Crippen molar-refractivity contribution in [2.24, 2.45) is 17.8 Å². The highest BCUT2D eigenvalue weighted by Gasteiger charge is 2.46. The first-order chi connectivity index (χ1) is 18.9. The summed E-state index contributed by atoms with van der Waals surface area (Å²) in [6, 6.07) is 8.35. The minimum Gasteiger partial charge on any atom is -0.390 e. The fraction of sp³-hybridized carbons (Fsp3) is 0.500. The number of aromatic nitrogens is 4. The molecule has 0 bridgehead atoms. The van der Waals surface area contributed by atoms with E-state index in [1.165, 1.54) is 36.0 Å². The van der Waals surface area contributed by atoms with Crippen LogP contribution in [0.3, 0.4) is 0 Å². The van der Waals surface area contributed by atoms with Crippen LogP contribution >= 0.6 is 15.9 Å². The summed E-state index contributed by atoms with van der Waals surface area (Å²) in [5.74, 6) is 2.30. The van der Waals surface area contributed by atoms with E-state index in [9.17, 15) is 10.2 Å². The minimum atomic E-state index is -0.857. The number of nitrogens with one attached hydrogen (secondary N) is 1. The van der Waals surface area contributed by atoms with Gasteiger partial charge in [0.1, 0.15) is 29.7 Å². The Hall–Kier alpha value is -2.75. The number of fused-ring (bicyclic) bond motifs is 4. The Kier molecular flexibility index (Phi) is 6.28. The maximum atomic E-state index is 11.3. The number of hydrogen-bond donors (Lipinski definition) is 4. The van der Waals surface area contributed by atoms with Crippen molar-refractivity contribution in [3.63, 3.8) is 0 Å². The number of nitrogen functional groups attached to an aromatic ring is 1. The summed E-state index contributed by atoms with van der Waals surface area (Å²) in [7, 11) is 0. The topological polar surface area (TPSA) is 122 Å². The molecule has 39 heavy (non-hydrogen) atoms. The SMILES string of the molecule is CC(Cc1ccc2cc(Br)c(NCC3CC3)nc2c1)[C@H]1C[C@@H](n2c3c(c4c(N)ncnc42)CCC3)[C@H](O)[C@@H]1O. The number of benzene rings is 1. The van der Waals surface area contributed by atoms with Crippen LogP contribution in [0.25, 0.3) is 21.9 Å². The molecule has 3 aliphatic carbocycles. The number of aryl methyl sites for hydroxylation is 1. The molecule has 1 unspecified atom stereocenters. The van der Waals surface area contributed by atoms with Crippen LogP contribution in [0.15, 0.2) is 35.1 Å². The van der Waals surface area contributed by atoms with Gasteiger partial charge in [-0.25, -0.2) is 15.0 Å². The van der Waals surface area contributed by atoms with Gasteiger partial charge in [-0.2, -0.15) is 0 Å². The fourth-order valence-corrected chi connectivity index (χ4v) is 7.47. The van der Waals surface area contributed by atoms with E-state index in [2.05, 4.69) is 67.0 Å². The molecule has 204 valence electrons. The summed E-state index contributed by atoms with van der Waals surface area (Å²) in [6.07, 6.45) is 6.88. The number of aliphatic hydroxyl groups is 2. The normalized spacial score (nSPS) is 25.4. The van der Waals surface area contributed by atoms with Crippen LogP contribution in [0, 0.1) is 17.8 Å².